The van der Waals surface area contributed by atoms with Crippen LogP contribution in [0, 0.1) is 5.82 Å². The number of ether oxygens (including phenoxy) is 1. The van der Waals surface area contributed by atoms with Crippen LogP contribution < -0.4 is 10.1 Å². The summed E-state index contributed by atoms with van der Waals surface area (Å²) < 4.78 is 18.5. The van der Waals surface area contributed by atoms with Crippen molar-refractivity contribution in [1.82, 2.24) is 5.32 Å². The van der Waals surface area contributed by atoms with Crippen molar-refractivity contribution in [2.24, 2.45) is 0 Å². The molecule has 0 aliphatic heterocycles. The third-order valence-corrected chi connectivity index (χ3v) is 3.47. The lowest BCUT2D eigenvalue weighted by molar-refractivity contribution is -0.120. The Morgan fingerprint density at radius 1 is 1.18 bits per heavy atom. The second-order valence-corrected chi connectivity index (χ2v) is 5.38. The first-order valence-electron chi connectivity index (χ1n) is 6.64. The fourth-order valence-electron chi connectivity index (χ4n) is 1.81. The summed E-state index contributed by atoms with van der Waals surface area (Å²) in [6, 6.07) is 11.1. The number of nitrogens with one attached hydrogen (secondary N) is 1. The number of carbonyl (C=O) groups is 1. The highest BCUT2D eigenvalue weighted by Gasteiger charge is 2.07. The molecule has 0 bridgehead atoms. The van der Waals surface area contributed by atoms with Crippen LogP contribution in [-0.2, 0) is 11.2 Å². The van der Waals surface area contributed by atoms with Gasteiger partial charge in [-0.05, 0) is 29.8 Å². The predicted molar refractivity (Wildman–Crippen MR) is 85.1 cm³/mol. The van der Waals surface area contributed by atoms with Crippen LogP contribution in [0.2, 0.25) is 10.0 Å². The van der Waals surface area contributed by atoms with Gasteiger partial charge in [0.05, 0.1) is 13.0 Å². The van der Waals surface area contributed by atoms with Gasteiger partial charge in [0.15, 0.2) is 11.6 Å². The maximum absolute atomic E-state index is 13.3. The summed E-state index contributed by atoms with van der Waals surface area (Å²) in [5, 5.41) is 3.65. The Bertz CT molecular complexity index is 664. The van der Waals surface area contributed by atoms with Crippen molar-refractivity contribution in [2.75, 3.05) is 13.2 Å². The van der Waals surface area contributed by atoms with E-state index in [2.05, 4.69) is 5.32 Å². The van der Waals surface area contributed by atoms with Crippen LogP contribution in [0.25, 0.3) is 0 Å². The van der Waals surface area contributed by atoms with E-state index in [0.29, 0.717) is 15.6 Å². The Morgan fingerprint density at radius 3 is 2.68 bits per heavy atom. The predicted octanol–water partition coefficient (Wildman–Crippen LogP) is 3.87. The third kappa shape index (κ3) is 4.90. The first-order chi connectivity index (χ1) is 10.6. The zero-order chi connectivity index (χ0) is 15.9. The highest BCUT2D eigenvalue weighted by atomic mass is 35.5. The summed E-state index contributed by atoms with van der Waals surface area (Å²) in [5.41, 5.74) is 0.693. The fraction of sp³-hybridized carbons (Fsp3) is 0.188. The first-order valence-corrected chi connectivity index (χ1v) is 7.40. The van der Waals surface area contributed by atoms with Crippen molar-refractivity contribution < 1.29 is 13.9 Å². The number of halogens is 3. The van der Waals surface area contributed by atoms with Gasteiger partial charge in [-0.25, -0.2) is 4.39 Å². The van der Waals surface area contributed by atoms with Gasteiger partial charge in [-0.2, -0.15) is 0 Å². The van der Waals surface area contributed by atoms with Gasteiger partial charge in [0.1, 0.15) is 6.61 Å². The molecule has 0 fully saturated rings. The third-order valence-electron chi connectivity index (χ3n) is 2.88. The summed E-state index contributed by atoms with van der Waals surface area (Å²) in [4.78, 5) is 11.8. The van der Waals surface area contributed by atoms with Gasteiger partial charge in [0, 0.05) is 10.0 Å². The number of rotatable bonds is 6. The van der Waals surface area contributed by atoms with E-state index in [1.807, 2.05) is 0 Å². The van der Waals surface area contributed by atoms with Gasteiger partial charge in [-0.3, -0.25) is 4.79 Å². The van der Waals surface area contributed by atoms with Crippen LogP contribution in [-0.4, -0.2) is 19.1 Å². The van der Waals surface area contributed by atoms with Crippen molar-refractivity contribution in [2.45, 2.75) is 6.42 Å². The van der Waals surface area contributed by atoms with Gasteiger partial charge in [0.25, 0.3) is 0 Å². The zero-order valence-corrected chi connectivity index (χ0v) is 13.1. The Hall–Kier alpha value is -1.78. The topological polar surface area (TPSA) is 38.3 Å². The summed E-state index contributed by atoms with van der Waals surface area (Å²) in [6.45, 7) is 0.458. The lowest BCUT2D eigenvalue weighted by Crippen LogP contribution is -2.29. The summed E-state index contributed by atoms with van der Waals surface area (Å²) in [5.74, 6) is -0.458. The van der Waals surface area contributed by atoms with Gasteiger partial charge in [-0.1, -0.05) is 41.4 Å². The highest BCUT2D eigenvalue weighted by molar-refractivity contribution is 6.35. The molecule has 1 amide bonds. The smallest absolute Gasteiger partial charge is 0.224 e. The van der Waals surface area contributed by atoms with E-state index in [1.54, 1.807) is 30.3 Å². The summed E-state index contributed by atoms with van der Waals surface area (Å²) >= 11 is 11.8. The molecule has 6 heteroatoms. The standard InChI is InChI=1S/C16H14Cl2FNO2/c17-12-6-5-11(13(18)10-12)9-16(21)20-7-8-22-15-4-2-1-3-14(15)19/h1-6,10H,7-9H2,(H,20,21). The average molecular weight is 342 g/mol. The molecule has 1 N–H and O–H groups in total. The van der Waals surface area contributed by atoms with Crippen LogP contribution in [0.3, 0.4) is 0 Å². The first kappa shape index (κ1) is 16.6. The number of carbonyl (C=O) groups excluding carboxylic acids is 1. The number of hydrogen-bond acceptors (Lipinski definition) is 2. The Labute approximate surface area is 138 Å². The molecule has 0 aromatic heterocycles. The quantitative estimate of drug-likeness (QED) is 0.810. The second kappa shape index (κ2) is 8.01. The van der Waals surface area contributed by atoms with E-state index in [1.165, 1.54) is 12.1 Å². The highest BCUT2D eigenvalue weighted by Crippen LogP contribution is 2.21. The molecule has 0 saturated carbocycles. The molecule has 3 nitrogen and oxygen atoms in total. The largest absolute Gasteiger partial charge is 0.489 e. The molecule has 0 radical (unpaired) electrons. The zero-order valence-electron chi connectivity index (χ0n) is 11.6. The van der Waals surface area contributed by atoms with Crippen LogP contribution in [0.4, 0.5) is 4.39 Å². The maximum atomic E-state index is 13.3. The normalized spacial score (nSPS) is 10.3. The molecule has 0 heterocycles. The van der Waals surface area contributed by atoms with Gasteiger partial charge in [0.2, 0.25) is 5.91 Å². The van der Waals surface area contributed by atoms with Crippen molar-refractivity contribution in [3.63, 3.8) is 0 Å². The minimum atomic E-state index is -0.429. The summed E-state index contributed by atoms with van der Waals surface area (Å²) in [7, 11) is 0. The van der Waals surface area contributed by atoms with Gasteiger partial charge < -0.3 is 10.1 Å². The molecule has 2 aromatic carbocycles. The monoisotopic (exact) mass is 341 g/mol. The van der Waals surface area contributed by atoms with E-state index in [0.717, 1.165) is 0 Å². The van der Waals surface area contributed by atoms with Gasteiger partial charge >= 0.3 is 0 Å². The van der Waals surface area contributed by atoms with E-state index in [9.17, 15) is 9.18 Å². The van der Waals surface area contributed by atoms with E-state index in [-0.39, 0.29) is 31.2 Å². The molecule has 0 spiro atoms. The minimum Gasteiger partial charge on any atom is -0.489 e. The van der Waals surface area contributed by atoms with Crippen molar-refractivity contribution >= 4 is 29.1 Å². The fourth-order valence-corrected chi connectivity index (χ4v) is 2.29. The number of para-hydroxylation sites is 1. The molecule has 0 atom stereocenters. The number of hydrogen-bond donors (Lipinski definition) is 1. The maximum Gasteiger partial charge on any atom is 0.224 e. The van der Waals surface area contributed by atoms with Crippen LogP contribution in [0.5, 0.6) is 5.75 Å². The molecule has 0 unspecified atom stereocenters. The van der Waals surface area contributed by atoms with E-state index in [4.69, 9.17) is 27.9 Å². The minimum absolute atomic E-state index is 0.149. The molecular formula is C16H14Cl2FNO2. The van der Waals surface area contributed by atoms with Crippen LogP contribution >= 0.6 is 23.2 Å². The molecule has 0 aliphatic carbocycles. The molecule has 0 saturated heterocycles. The van der Waals surface area contributed by atoms with Crippen LogP contribution in [0.15, 0.2) is 42.5 Å². The van der Waals surface area contributed by atoms with Crippen molar-refractivity contribution in [1.29, 1.82) is 0 Å². The Balaban J connectivity index is 1.75. The molecular weight excluding hydrogens is 328 g/mol. The summed E-state index contributed by atoms with van der Waals surface area (Å²) in [6.07, 6.45) is 0.149. The lowest BCUT2D eigenvalue weighted by atomic mass is 10.1. The molecule has 0 aliphatic rings. The average Bonchev–Trinajstić information content (AvgIpc) is 2.48. The van der Waals surface area contributed by atoms with Gasteiger partial charge in [-0.15, -0.1) is 0 Å². The SMILES string of the molecule is O=C(Cc1ccc(Cl)cc1Cl)NCCOc1ccccc1F. The Kier molecular flexibility index (Phi) is 6.04. The second-order valence-electron chi connectivity index (χ2n) is 4.54. The van der Waals surface area contributed by atoms with Crippen LogP contribution in [0.1, 0.15) is 5.56 Å². The van der Waals surface area contributed by atoms with Crippen molar-refractivity contribution in [3.05, 3.63) is 63.9 Å². The molecule has 2 aromatic rings. The molecule has 2 rings (SSSR count). The Morgan fingerprint density at radius 2 is 1.95 bits per heavy atom. The number of benzene rings is 2. The lowest BCUT2D eigenvalue weighted by Gasteiger charge is -2.09. The van der Waals surface area contributed by atoms with E-state index < -0.39 is 5.82 Å². The van der Waals surface area contributed by atoms with Crippen molar-refractivity contribution in [3.8, 4) is 5.75 Å². The molecule has 22 heavy (non-hydrogen) atoms. The number of amides is 1. The molecule has 116 valence electrons. The van der Waals surface area contributed by atoms with E-state index >= 15 is 0 Å².